The Bertz CT molecular complexity index is 978. The highest BCUT2D eigenvalue weighted by atomic mass is 35.5. The fourth-order valence-electron chi connectivity index (χ4n) is 3.97. The number of alkyl halides is 2. The van der Waals surface area contributed by atoms with Crippen molar-refractivity contribution in [2.45, 2.75) is 18.6 Å². The van der Waals surface area contributed by atoms with Crippen molar-refractivity contribution in [3.05, 3.63) is 58.1 Å². The number of carbonyl (C=O) groups is 1. The van der Waals surface area contributed by atoms with Crippen molar-refractivity contribution >= 4 is 17.5 Å². The molecule has 1 amide bonds. The molecule has 3 heterocycles. The summed E-state index contributed by atoms with van der Waals surface area (Å²) < 4.78 is 50.6. The van der Waals surface area contributed by atoms with Gasteiger partial charge in [-0.1, -0.05) is 17.7 Å². The smallest absolute Gasteiger partial charge is 0.266 e. The van der Waals surface area contributed by atoms with E-state index >= 15 is 0 Å². The van der Waals surface area contributed by atoms with E-state index in [0.717, 1.165) is 12.3 Å². The summed E-state index contributed by atoms with van der Waals surface area (Å²) in [5.41, 5.74) is -0.0303. The fourth-order valence-corrected chi connectivity index (χ4v) is 4.25. The number of benzene rings is 1. The van der Waals surface area contributed by atoms with E-state index < -0.39 is 23.9 Å². The van der Waals surface area contributed by atoms with Gasteiger partial charge in [0.15, 0.2) is 0 Å². The highest BCUT2D eigenvalue weighted by molar-refractivity contribution is 6.35. The molecule has 2 atom stereocenters. The second-order valence-corrected chi connectivity index (χ2v) is 7.85. The number of amides is 1. The van der Waals surface area contributed by atoms with E-state index in [1.165, 1.54) is 7.11 Å². The van der Waals surface area contributed by atoms with E-state index in [9.17, 15) is 18.0 Å². The molecular weight excluding hydrogens is 435 g/mol. The van der Waals surface area contributed by atoms with Gasteiger partial charge in [-0.3, -0.25) is 14.7 Å². The summed E-state index contributed by atoms with van der Waals surface area (Å²) in [6, 6.07) is 6.08. The maximum Gasteiger partial charge on any atom is 0.266 e. The molecule has 2 aliphatic rings. The van der Waals surface area contributed by atoms with Crippen LogP contribution in [0.2, 0.25) is 5.02 Å². The molecule has 0 N–H and O–H groups in total. The number of pyridine rings is 1. The maximum absolute atomic E-state index is 13.5. The first kappa shape index (κ1) is 21.9. The number of aromatic nitrogens is 1. The summed E-state index contributed by atoms with van der Waals surface area (Å²) in [5.74, 6) is -0.784. The van der Waals surface area contributed by atoms with Gasteiger partial charge in [0, 0.05) is 26.2 Å². The maximum atomic E-state index is 13.5. The van der Waals surface area contributed by atoms with Crippen molar-refractivity contribution < 1.29 is 27.4 Å². The number of piperazine rings is 1. The molecule has 31 heavy (non-hydrogen) atoms. The van der Waals surface area contributed by atoms with Crippen LogP contribution in [0.4, 0.5) is 13.2 Å². The number of morpholine rings is 1. The average Bonchev–Trinajstić information content (AvgIpc) is 2.78. The number of hydrogen-bond acceptors (Lipinski definition) is 5. The average molecular weight is 456 g/mol. The predicted octanol–water partition coefficient (Wildman–Crippen LogP) is 3.72. The largest absolute Gasteiger partial charge is 0.495 e. The molecule has 2 fully saturated rings. The van der Waals surface area contributed by atoms with Gasteiger partial charge in [-0.05, 0) is 18.2 Å². The summed E-state index contributed by atoms with van der Waals surface area (Å²) in [7, 11) is 1.49. The van der Waals surface area contributed by atoms with Crippen LogP contribution in [-0.4, -0.2) is 66.6 Å². The standard InChI is InChI=1S/C21H21ClF3N3O3/c1-30-17-4-2-3-13(19(17)22)21(29)28-6-5-27-10-18(31-11-12(27)9-28)16-7-14(20(24)25)15(23)8-26-16/h2-4,7-8,12,18,20H,5-6,9-11H2,1H3/t12-,18-/m0/s1. The molecule has 1 aromatic heterocycles. The Morgan fingerprint density at radius 3 is 2.87 bits per heavy atom. The molecular formula is C21H21ClF3N3O3. The zero-order chi connectivity index (χ0) is 22.1. The van der Waals surface area contributed by atoms with Gasteiger partial charge in [0.1, 0.15) is 17.7 Å². The van der Waals surface area contributed by atoms with E-state index in [1.54, 1.807) is 23.1 Å². The van der Waals surface area contributed by atoms with Gasteiger partial charge >= 0.3 is 0 Å². The summed E-state index contributed by atoms with van der Waals surface area (Å²) >= 11 is 6.30. The lowest BCUT2D eigenvalue weighted by Gasteiger charge is -2.46. The van der Waals surface area contributed by atoms with Gasteiger partial charge in [0.25, 0.3) is 12.3 Å². The number of hydrogen-bond donors (Lipinski definition) is 0. The SMILES string of the molecule is COc1cccc(C(=O)N2CCN3C[C@@H](c4cc(C(F)F)c(F)cn4)OC[C@@H]3C2)c1Cl. The fraction of sp³-hybridized carbons (Fsp3) is 0.429. The van der Waals surface area contributed by atoms with E-state index in [0.29, 0.717) is 44.1 Å². The molecule has 166 valence electrons. The van der Waals surface area contributed by atoms with Crippen molar-refractivity contribution in [3.63, 3.8) is 0 Å². The van der Waals surface area contributed by atoms with Crippen LogP contribution in [0.25, 0.3) is 0 Å². The van der Waals surface area contributed by atoms with Crippen molar-refractivity contribution in [1.82, 2.24) is 14.8 Å². The van der Waals surface area contributed by atoms with Crippen LogP contribution in [0.1, 0.15) is 34.1 Å². The monoisotopic (exact) mass is 455 g/mol. The summed E-state index contributed by atoms with van der Waals surface area (Å²) in [6.07, 6.45) is -2.65. The van der Waals surface area contributed by atoms with Gasteiger partial charge in [-0.15, -0.1) is 0 Å². The third-order valence-electron chi connectivity index (χ3n) is 5.67. The molecule has 0 unspecified atom stereocenters. The second kappa shape index (κ2) is 9.02. The quantitative estimate of drug-likeness (QED) is 0.703. The highest BCUT2D eigenvalue weighted by Crippen LogP contribution is 2.32. The zero-order valence-corrected chi connectivity index (χ0v) is 17.5. The predicted molar refractivity (Wildman–Crippen MR) is 107 cm³/mol. The minimum Gasteiger partial charge on any atom is -0.495 e. The van der Waals surface area contributed by atoms with E-state index in [-0.39, 0.29) is 22.7 Å². The number of rotatable bonds is 4. The first-order valence-electron chi connectivity index (χ1n) is 9.80. The lowest BCUT2D eigenvalue weighted by molar-refractivity contribution is -0.0873. The van der Waals surface area contributed by atoms with Gasteiger partial charge in [0.2, 0.25) is 0 Å². The Labute approximate surface area is 182 Å². The van der Waals surface area contributed by atoms with Crippen LogP contribution >= 0.6 is 11.6 Å². The van der Waals surface area contributed by atoms with Gasteiger partial charge in [-0.25, -0.2) is 13.2 Å². The Morgan fingerprint density at radius 1 is 1.32 bits per heavy atom. The molecule has 10 heteroatoms. The first-order chi connectivity index (χ1) is 14.9. The van der Waals surface area contributed by atoms with E-state index in [4.69, 9.17) is 21.1 Å². The van der Waals surface area contributed by atoms with Gasteiger partial charge in [0.05, 0.1) is 47.8 Å². The van der Waals surface area contributed by atoms with E-state index in [1.807, 2.05) is 0 Å². The van der Waals surface area contributed by atoms with Crippen molar-refractivity contribution in [2.75, 3.05) is 39.9 Å². The lowest BCUT2D eigenvalue weighted by atomic mass is 10.0. The molecule has 0 aliphatic carbocycles. The van der Waals surface area contributed by atoms with Crippen molar-refractivity contribution in [1.29, 1.82) is 0 Å². The van der Waals surface area contributed by atoms with Crippen LogP contribution in [-0.2, 0) is 4.74 Å². The van der Waals surface area contributed by atoms with Crippen molar-refractivity contribution in [3.8, 4) is 5.75 Å². The Morgan fingerprint density at radius 2 is 2.13 bits per heavy atom. The summed E-state index contributed by atoms with van der Waals surface area (Å²) in [4.78, 5) is 20.8. The summed E-state index contributed by atoms with van der Waals surface area (Å²) in [5, 5.41) is 0.273. The molecule has 2 aliphatic heterocycles. The number of carbonyl (C=O) groups excluding carboxylic acids is 1. The molecule has 1 aromatic carbocycles. The molecule has 2 saturated heterocycles. The highest BCUT2D eigenvalue weighted by Gasteiger charge is 2.37. The molecule has 6 nitrogen and oxygen atoms in total. The third-order valence-corrected chi connectivity index (χ3v) is 6.06. The van der Waals surface area contributed by atoms with Crippen LogP contribution in [0.15, 0.2) is 30.5 Å². The molecule has 0 spiro atoms. The number of halogens is 4. The van der Waals surface area contributed by atoms with Gasteiger partial charge < -0.3 is 14.4 Å². The van der Waals surface area contributed by atoms with Crippen molar-refractivity contribution in [2.24, 2.45) is 0 Å². The third kappa shape index (κ3) is 4.35. The normalized spacial score (nSPS) is 21.8. The zero-order valence-electron chi connectivity index (χ0n) is 16.7. The van der Waals surface area contributed by atoms with Crippen LogP contribution in [0.3, 0.4) is 0 Å². The number of fused-ring (bicyclic) bond motifs is 1. The van der Waals surface area contributed by atoms with Crippen LogP contribution in [0.5, 0.6) is 5.75 Å². The molecule has 4 rings (SSSR count). The first-order valence-corrected chi connectivity index (χ1v) is 10.2. The van der Waals surface area contributed by atoms with Gasteiger partial charge in [-0.2, -0.15) is 0 Å². The Hall–Kier alpha value is -2.36. The minimum absolute atomic E-state index is 0.0478. The topological polar surface area (TPSA) is 54.9 Å². The number of ether oxygens (including phenoxy) is 2. The number of methoxy groups -OCH3 is 1. The van der Waals surface area contributed by atoms with Crippen LogP contribution < -0.4 is 4.74 Å². The molecule has 0 saturated carbocycles. The second-order valence-electron chi connectivity index (χ2n) is 7.48. The summed E-state index contributed by atoms with van der Waals surface area (Å²) in [6.45, 7) is 2.23. The molecule has 0 bridgehead atoms. The lowest BCUT2D eigenvalue weighted by Crippen LogP contribution is -2.59. The van der Waals surface area contributed by atoms with Crippen LogP contribution in [0, 0.1) is 5.82 Å². The minimum atomic E-state index is -2.92. The Kier molecular flexibility index (Phi) is 6.36. The molecule has 0 radical (unpaired) electrons. The number of nitrogens with zero attached hydrogens (tertiary/aromatic N) is 3. The molecule has 2 aromatic rings. The van der Waals surface area contributed by atoms with E-state index in [2.05, 4.69) is 9.88 Å². The Balaban J connectivity index is 1.43.